The lowest BCUT2D eigenvalue weighted by atomic mass is 9.98. The van der Waals surface area contributed by atoms with Crippen LogP contribution in [0.25, 0.3) is 0 Å². The van der Waals surface area contributed by atoms with Gasteiger partial charge < -0.3 is 0 Å². The van der Waals surface area contributed by atoms with Crippen LogP contribution in [0.15, 0.2) is 42.7 Å². The largest absolute Gasteiger partial charge is 0.419 e. The lowest BCUT2D eigenvalue weighted by Gasteiger charge is -2.18. The Morgan fingerprint density at radius 2 is 1.70 bits per heavy atom. The summed E-state index contributed by atoms with van der Waals surface area (Å²) in [7, 11) is 0. The molecule has 20 heavy (non-hydrogen) atoms. The fourth-order valence-electron chi connectivity index (χ4n) is 1.88. The number of nitrogens with one attached hydrogen (secondary N) is 1. The van der Waals surface area contributed by atoms with Crippen LogP contribution in [-0.4, -0.2) is 4.98 Å². The van der Waals surface area contributed by atoms with E-state index >= 15 is 0 Å². The highest BCUT2D eigenvalue weighted by Gasteiger charge is 2.34. The molecule has 1 atom stereocenters. The maximum Gasteiger partial charge on any atom is 0.419 e. The van der Waals surface area contributed by atoms with Crippen molar-refractivity contribution in [1.29, 1.82) is 0 Å². The molecule has 0 bridgehead atoms. The number of rotatable bonds is 3. The highest BCUT2D eigenvalue weighted by Crippen LogP contribution is 2.33. The van der Waals surface area contributed by atoms with Crippen LogP contribution in [0.1, 0.15) is 22.7 Å². The van der Waals surface area contributed by atoms with E-state index in [0.717, 1.165) is 6.07 Å². The van der Waals surface area contributed by atoms with E-state index in [0.29, 0.717) is 17.2 Å². The molecule has 1 unspecified atom stereocenters. The predicted molar refractivity (Wildman–Crippen MR) is 64.8 cm³/mol. The van der Waals surface area contributed by atoms with E-state index in [9.17, 15) is 17.6 Å². The molecule has 0 fully saturated rings. The van der Waals surface area contributed by atoms with Gasteiger partial charge in [-0.2, -0.15) is 13.2 Å². The van der Waals surface area contributed by atoms with Crippen LogP contribution in [0.2, 0.25) is 0 Å². The van der Waals surface area contributed by atoms with Crippen LogP contribution in [-0.2, 0) is 6.18 Å². The first-order chi connectivity index (χ1) is 9.43. The molecule has 0 aliphatic rings. The number of pyridine rings is 1. The lowest BCUT2D eigenvalue weighted by Crippen LogP contribution is -2.29. The smallest absolute Gasteiger partial charge is 0.271 e. The van der Waals surface area contributed by atoms with Crippen LogP contribution in [0.4, 0.5) is 17.6 Å². The summed E-state index contributed by atoms with van der Waals surface area (Å²) in [6.45, 7) is 0. The number of alkyl halides is 3. The van der Waals surface area contributed by atoms with Crippen LogP contribution < -0.4 is 11.3 Å². The number of nitrogens with two attached hydrogens (primary N) is 1. The molecular formula is C13H11F4N3. The fraction of sp³-hybridized carbons (Fsp3) is 0.154. The number of aromatic nitrogens is 1. The van der Waals surface area contributed by atoms with E-state index in [4.69, 9.17) is 5.84 Å². The predicted octanol–water partition coefficient (Wildman–Crippen LogP) is 2.79. The van der Waals surface area contributed by atoms with Crippen LogP contribution in [0.3, 0.4) is 0 Å². The SMILES string of the molecule is NNC(c1ccncc1)c1ccc(C(F)(F)F)c(F)c1. The topological polar surface area (TPSA) is 50.9 Å². The van der Waals surface area contributed by atoms with E-state index in [2.05, 4.69) is 10.4 Å². The van der Waals surface area contributed by atoms with Crippen molar-refractivity contribution in [1.82, 2.24) is 10.4 Å². The maximum atomic E-state index is 13.6. The van der Waals surface area contributed by atoms with Gasteiger partial charge in [0, 0.05) is 12.4 Å². The molecule has 106 valence electrons. The Balaban J connectivity index is 2.40. The number of halogens is 4. The average Bonchev–Trinajstić information content (AvgIpc) is 2.39. The van der Waals surface area contributed by atoms with Gasteiger partial charge in [0.15, 0.2) is 0 Å². The normalized spacial score (nSPS) is 13.2. The zero-order valence-electron chi connectivity index (χ0n) is 10.2. The Morgan fingerprint density at radius 1 is 1.05 bits per heavy atom. The molecule has 0 aliphatic heterocycles. The summed E-state index contributed by atoms with van der Waals surface area (Å²) in [5.74, 6) is 4.07. The van der Waals surface area contributed by atoms with Gasteiger partial charge >= 0.3 is 6.18 Å². The minimum atomic E-state index is -4.72. The molecule has 7 heteroatoms. The zero-order valence-corrected chi connectivity index (χ0v) is 10.2. The highest BCUT2D eigenvalue weighted by molar-refractivity contribution is 5.34. The number of hydrogen-bond donors (Lipinski definition) is 2. The standard InChI is InChI=1S/C13H11F4N3/c14-11-7-9(1-2-10(11)13(15,16)17)12(20-18)8-3-5-19-6-4-8/h1-7,12,20H,18H2. The molecular weight excluding hydrogens is 274 g/mol. The molecule has 0 aliphatic carbocycles. The summed E-state index contributed by atoms with van der Waals surface area (Å²) in [4.78, 5) is 3.83. The van der Waals surface area contributed by atoms with Crippen molar-refractivity contribution in [2.45, 2.75) is 12.2 Å². The van der Waals surface area contributed by atoms with Gasteiger partial charge in [0.25, 0.3) is 0 Å². The van der Waals surface area contributed by atoms with E-state index in [1.807, 2.05) is 0 Å². The van der Waals surface area contributed by atoms with Gasteiger partial charge in [-0.3, -0.25) is 10.8 Å². The first-order valence-corrected chi connectivity index (χ1v) is 5.66. The van der Waals surface area contributed by atoms with E-state index in [1.54, 1.807) is 12.1 Å². The first kappa shape index (κ1) is 14.4. The van der Waals surface area contributed by atoms with Crippen molar-refractivity contribution < 1.29 is 17.6 Å². The summed E-state index contributed by atoms with van der Waals surface area (Å²) < 4.78 is 51.1. The van der Waals surface area contributed by atoms with Crippen molar-refractivity contribution >= 4 is 0 Å². The second-order valence-electron chi connectivity index (χ2n) is 4.12. The maximum absolute atomic E-state index is 13.6. The van der Waals surface area contributed by atoms with Crippen molar-refractivity contribution in [2.24, 2.45) is 5.84 Å². The number of hydrogen-bond acceptors (Lipinski definition) is 3. The molecule has 1 aromatic carbocycles. The van der Waals surface area contributed by atoms with E-state index < -0.39 is 23.6 Å². The molecule has 0 amide bonds. The van der Waals surface area contributed by atoms with Gasteiger partial charge in [0.05, 0.1) is 11.6 Å². The molecule has 0 spiro atoms. The van der Waals surface area contributed by atoms with Crippen molar-refractivity contribution in [3.8, 4) is 0 Å². The lowest BCUT2D eigenvalue weighted by molar-refractivity contribution is -0.140. The Kier molecular flexibility index (Phi) is 4.01. The third-order valence-corrected chi connectivity index (χ3v) is 2.84. The molecule has 3 N–H and O–H groups in total. The van der Waals surface area contributed by atoms with Gasteiger partial charge in [-0.1, -0.05) is 6.07 Å². The monoisotopic (exact) mass is 285 g/mol. The summed E-state index contributed by atoms with van der Waals surface area (Å²) in [6, 6.07) is 5.39. The highest BCUT2D eigenvalue weighted by atomic mass is 19.4. The van der Waals surface area contributed by atoms with Crippen molar-refractivity contribution in [3.05, 3.63) is 65.2 Å². The Morgan fingerprint density at radius 3 is 2.20 bits per heavy atom. The number of hydrazine groups is 1. The molecule has 1 heterocycles. The summed E-state index contributed by atoms with van der Waals surface area (Å²) >= 11 is 0. The van der Waals surface area contributed by atoms with Crippen molar-refractivity contribution in [3.63, 3.8) is 0 Å². The quantitative estimate of drug-likeness (QED) is 0.518. The molecule has 0 saturated carbocycles. The van der Waals surface area contributed by atoms with Crippen LogP contribution in [0.5, 0.6) is 0 Å². The fourth-order valence-corrected chi connectivity index (χ4v) is 1.88. The third kappa shape index (κ3) is 2.94. The Labute approximate surface area is 112 Å². The van der Waals surface area contributed by atoms with E-state index in [-0.39, 0.29) is 0 Å². The van der Waals surface area contributed by atoms with Gasteiger partial charge in [0.1, 0.15) is 5.82 Å². The number of nitrogens with zero attached hydrogens (tertiary/aromatic N) is 1. The average molecular weight is 285 g/mol. The zero-order chi connectivity index (χ0) is 14.8. The second kappa shape index (κ2) is 5.56. The van der Waals surface area contributed by atoms with Crippen molar-refractivity contribution in [2.75, 3.05) is 0 Å². The minimum Gasteiger partial charge on any atom is -0.271 e. The molecule has 2 aromatic rings. The number of benzene rings is 1. The summed E-state index contributed by atoms with van der Waals surface area (Å²) in [5.41, 5.74) is 2.11. The molecule has 3 nitrogen and oxygen atoms in total. The minimum absolute atomic E-state index is 0.296. The van der Waals surface area contributed by atoms with Gasteiger partial charge in [0.2, 0.25) is 0 Å². The Hall–Kier alpha value is -1.99. The molecule has 2 rings (SSSR count). The molecule has 0 saturated heterocycles. The summed E-state index contributed by atoms with van der Waals surface area (Å²) in [5, 5.41) is 0. The van der Waals surface area contributed by atoms with E-state index in [1.165, 1.54) is 18.5 Å². The van der Waals surface area contributed by atoms with Gasteiger partial charge in [-0.25, -0.2) is 9.82 Å². The van der Waals surface area contributed by atoms with Gasteiger partial charge in [-0.05, 0) is 35.4 Å². The third-order valence-electron chi connectivity index (χ3n) is 2.84. The Bertz CT molecular complexity index is 584. The van der Waals surface area contributed by atoms with Crippen LogP contribution in [0, 0.1) is 5.82 Å². The van der Waals surface area contributed by atoms with Crippen LogP contribution >= 0.6 is 0 Å². The second-order valence-corrected chi connectivity index (χ2v) is 4.12. The molecule has 1 aromatic heterocycles. The molecule has 0 radical (unpaired) electrons. The summed E-state index contributed by atoms with van der Waals surface area (Å²) in [6.07, 6.45) is -1.69. The first-order valence-electron chi connectivity index (χ1n) is 5.66. The van der Waals surface area contributed by atoms with Gasteiger partial charge in [-0.15, -0.1) is 0 Å².